The number of thiocarbonyl (C=S) groups is 1. The molecule has 0 aliphatic heterocycles. The Kier molecular flexibility index (Phi) is 52.8. The molecule has 0 aromatic carbocycles. The summed E-state index contributed by atoms with van der Waals surface area (Å²) in [6, 6.07) is 2.44. The van der Waals surface area contributed by atoms with Crippen molar-refractivity contribution in [3.63, 3.8) is 0 Å². The first-order chi connectivity index (χ1) is 20.9. The largest absolute Gasteiger partial charge is 0.397 e. The molecule has 0 spiro atoms. The fourth-order valence-corrected chi connectivity index (χ4v) is 1.25. The van der Waals surface area contributed by atoms with Crippen LogP contribution >= 0.6 is 12.2 Å². The fourth-order valence-electron chi connectivity index (χ4n) is 1.25. The third-order valence-corrected chi connectivity index (χ3v) is 3.12. The monoisotopic (exact) mass is 668 g/mol. The van der Waals surface area contributed by atoms with Crippen molar-refractivity contribution in [1.82, 2.24) is 47.0 Å². The van der Waals surface area contributed by atoms with Crippen LogP contribution in [0.4, 0.5) is 0 Å². The van der Waals surface area contributed by atoms with Crippen LogP contribution in [0, 0.1) is 13.8 Å². The Morgan fingerprint density at radius 3 is 1.49 bits per heavy atom. The highest BCUT2D eigenvalue weighted by atomic mass is 32.1. The first-order valence-electron chi connectivity index (χ1n) is 13.2. The predicted octanol–water partition coefficient (Wildman–Crippen LogP) is 0.618. The molecule has 264 valence electrons. The number of hydrogen-bond donors (Lipinski definition) is 9. The first-order valence-corrected chi connectivity index (χ1v) is 13.6. The van der Waals surface area contributed by atoms with Crippen LogP contribution in [0.5, 0.6) is 0 Å². The van der Waals surface area contributed by atoms with Crippen LogP contribution in [0.3, 0.4) is 0 Å². The van der Waals surface area contributed by atoms with E-state index in [1.165, 1.54) is 52.5 Å². The number of aromatic nitrogens is 5. The van der Waals surface area contributed by atoms with Gasteiger partial charge in [0.05, 0.1) is 12.1 Å². The lowest BCUT2D eigenvalue weighted by Gasteiger charge is -1.91. The minimum absolute atomic E-state index is 0.0995. The van der Waals surface area contributed by atoms with E-state index in [0.717, 1.165) is 16.5 Å². The molecule has 1 aliphatic rings. The third-order valence-electron chi connectivity index (χ3n) is 2.92. The number of H-pyrrole nitrogens is 2. The predicted molar refractivity (Wildman–Crippen MR) is 176 cm³/mol. The van der Waals surface area contributed by atoms with Crippen molar-refractivity contribution in [3.05, 3.63) is 30.1 Å². The molecule has 4 amide bonds. The molecule has 2 aromatic heterocycles. The van der Waals surface area contributed by atoms with Crippen molar-refractivity contribution in [2.75, 3.05) is 35.0 Å². The second-order valence-electron chi connectivity index (χ2n) is 7.96. The molecule has 18 nitrogen and oxygen atoms in total. The number of aromatic amines is 2. The molecule has 1 aliphatic carbocycles. The van der Waals surface area contributed by atoms with Gasteiger partial charge in [0, 0.05) is 73.5 Å². The van der Waals surface area contributed by atoms with Gasteiger partial charge in [-0.3, -0.25) is 39.4 Å². The average molecular weight is 669 g/mol. The summed E-state index contributed by atoms with van der Waals surface area (Å²) in [5.74, 6) is 0.00000000000000111. The number of methoxy groups -OCH3 is 1. The number of ether oxygens (including phenoxy) is 1. The maximum absolute atomic E-state index is 10.2. The first kappa shape index (κ1) is 53.5. The summed E-state index contributed by atoms with van der Waals surface area (Å²) in [6.07, 6.45) is 5.57. The van der Waals surface area contributed by atoms with Gasteiger partial charge >= 0.3 is 0 Å². The zero-order valence-corrected chi connectivity index (χ0v) is 29.4. The van der Waals surface area contributed by atoms with Crippen molar-refractivity contribution >= 4 is 40.8 Å². The fraction of sp³-hybridized carbons (Fsp3) is 0.615. The topological polar surface area (TPSA) is 272 Å². The number of aliphatic hydroxyl groups excluding tert-OH is 1. The number of nitrogens with zero attached hydrogens (tertiary/aromatic N) is 3. The zero-order chi connectivity index (χ0) is 36.6. The van der Waals surface area contributed by atoms with Crippen molar-refractivity contribution in [2.45, 2.75) is 74.3 Å². The zero-order valence-electron chi connectivity index (χ0n) is 28.6. The molecule has 2 aromatic rings. The molecular formula is C26H56N10O8S. The lowest BCUT2D eigenvalue weighted by Crippen LogP contribution is -2.21. The normalized spacial score (nSPS) is 9.20. The highest BCUT2D eigenvalue weighted by Crippen LogP contribution is 2.17. The minimum atomic E-state index is -0.440. The molecule has 0 bridgehead atoms. The van der Waals surface area contributed by atoms with Crippen molar-refractivity contribution in [3.8, 4) is 0 Å². The van der Waals surface area contributed by atoms with Crippen LogP contribution < -0.4 is 27.3 Å². The Labute approximate surface area is 271 Å². The van der Waals surface area contributed by atoms with E-state index < -0.39 is 5.91 Å². The van der Waals surface area contributed by atoms with Gasteiger partial charge in [0.25, 0.3) is 0 Å². The van der Waals surface area contributed by atoms with E-state index in [9.17, 15) is 19.2 Å². The number of nitrogens with two attached hydrogens (primary N) is 1. The second kappa shape index (κ2) is 44.4. The number of hydrogen-bond acceptors (Lipinski definition) is 12. The Hall–Kier alpha value is -4.04. The number of hydroxylamine groups is 2. The highest BCUT2D eigenvalue weighted by Gasteiger charge is 2.21. The smallest absolute Gasteiger partial charge is 0.240 e. The van der Waals surface area contributed by atoms with Gasteiger partial charge in [0.2, 0.25) is 23.6 Å². The summed E-state index contributed by atoms with van der Waals surface area (Å²) in [7, 11) is 6.45. The Bertz CT molecular complexity index is 863. The maximum atomic E-state index is 10.2. The molecule has 0 unspecified atom stereocenters. The average Bonchev–Trinajstić information content (AvgIpc) is 3.36. The Morgan fingerprint density at radius 1 is 1.00 bits per heavy atom. The van der Waals surface area contributed by atoms with Gasteiger partial charge in [-0.05, 0) is 46.6 Å². The van der Waals surface area contributed by atoms with Gasteiger partial charge in [0.1, 0.15) is 12.2 Å². The molecular weight excluding hydrogens is 612 g/mol. The quantitative estimate of drug-likeness (QED) is 0.121. The summed E-state index contributed by atoms with van der Waals surface area (Å²) in [5.41, 5.74) is 9.04. The van der Waals surface area contributed by atoms with Gasteiger partial charge in [-0.2, -0.15) is 10.2 Å². The van der Waals surface area contributed by atoms with E-state index in [0.29, 0.717) is 6.04 Å². The SMILES string of the molecule is CC(=O)NC1CC1.CC(=O)NO.CC(N)=O.CCO.CNC(C)=S.COC.CONC(C)=O.Cc1ccn[nH]1.Cc1ncn[nH]1. The second-order valence-corrected chi connectivity index (χ2v) is 8.57. The number of amides is 4. The van der Waals surface area contributed by atoms with Crippen LogP contribution in [0.2, 0.25) is 0 Å². The lowest BCUT2D eigenvalue weighted by molar-refractivity contribution is -0.129. The summed E-state index contributed by atoms with van der Waals surface area (Å²) in [6.45, 7) is 13.1. The minimum Gasteiger partial charge on any atom is -0.397 e. The van der Waals surface area contributed by atoms with E-state index >= 15 is 0 Å². The van der Waals surface area contributed by atoms with Crippen LogP contribution in [0.15, 0.2) is 18.6 Å². The van der Waals surface area contributed by atoms with E-state index in [2.05, 4.69) is 69.0 Å². The van der Waals surface area contributed by atoms with E-state index in [-0.39, 0.29) is 24.3 Å². The number of nitrogens with one attached hydrogen (secondary N) is 6. The molecule has 10 N–H and O–H groups in total. The Morgan fingerprint density at radius 2 is 1.42 bits per heavy atom. The van der Waals surface area contributed by atoms with E-state index in [1.54, 1.807) is 34.3 Å². The maximum Gasteiger partial charge on any atom is 0.240 e. The van der Waals surface area contributed by atoms with Gasteiger partial charge in [0.15, 0.2) is 0 Å². The van der Waals surface area contributed by atoms with Crippen LogP contribution in [0.1, 0.15) is 65.9 Å². The highest BCUT2D eigenvalue weighted by molar-refractivity contribution is 7.80. The van der Waals surface area contributed by atoms with Crippen LogP contribution in [-0.4, -0.2) is 105 Å². The van der Waals surface area contributed by atoms with Crippen LogP contribution in [-0.2, 0) is 28.8 Å². The molecule has 3 rings (SSSR count). The number of aliphatic hydroxyl groups is 1. The molecule has 1 fully saturated rings. The summed E-state index contributed by atoms with van der Waals surface area (Å²) >= 11 is 4.59. The van der Waals surface area contributed by atoms with E-state index in [4.69, 9.17) is 10.3 Å². The van der Waals surface area contributed by atoms with Crippen molar-refractivity contribution in [2.24, 2.45) is 5.73 Å². The molecule has 45 heavy (non-hydrogen) atoms. The third kappa shape index (κ3) is 100. The molecule has 0 saturated heterocycles. The Balaban J connectivity index is -0.0000000964. The lowest BCUT2D eigenvalue weighted by atomic mass is 10.5. The number of carbonyl (C=O) groups is 4. The molecule has 2 heterocycles. The molecule has 0 radical (unpaired) electrons. The summed E-state index contributed by atoms with van der Waals surface area (Å²) < 4.78 is 4.25. The van der Waals surface area contributed by atoms with Crippen molar-refractivity contribution < 1.29 is 39.1 Å². The standard InChI is InChI=1S/C5H9NO.C4H6N2.C3H5N3.C3H7NO2.C3H7NS.C2H5NO2.C2H5NO.2C2H6O/c1-4(7)6-5-2-3-5;1-4-2-3-5-6-4;1-3-4-2-5-6-3;1-3(5)4-6-2;1-3(5)4-2;1-2(4)3-5;1-2(3)4;1-3-2;1-2-3/h5H,2-3H2,1H3,(H,6,7);2-3H,1H3,(H,5,6);2H,1H3,(H,4,5,6);1-2H3,(H,4,5);1-2H3,(H,4,5);5H,1H3,(H,3,4);1H3,(H2,3,4);1-2H3;3H,2H2,1H3. The molecule has 1 saturated carbocycles. The molecule has 19 heteroatoms. The van der Waals surface area contributed by atoms with Gasteiger partial charge in [-0.1, -0.05) is 12.2 Å². The van der Waals surface area contributed by atoms with Crippen LogP contribution in [0.25, 0.3) is 0 Å². The van der Waals surface area contributed by atoms with Gasteiger partial charge < -0.3 is 26.2 Å². The number of carbonyl (C=O) groups excluding carboxylic acids is 4. The van der Waals surface area contributed by atoms with Gasteiger partial charge in [-0.25, -0.2) is 15.9 Å². The summed E-state index contributed by atoms with van der Waals surface area (Å²) in [4.78, 5) is 47.5. The number of rotatable bonds is 2. The van der Waals surface area contributed by atoms with E-state index in [1.807, 2.05) is 33.9 Å². The summed E-state index contributed by atoms with van der Waals surface area (Å²) in [5, 5.41) is 33.3. The number of aryl methyl sites for hydroxylation is 2. The molecule has 0 atom stereocenters. The number of primary amides is 1. The van der Waals surface area contributed by atoms with Gasteiger partial charge in [-0.15, -0.1) is 0 Å². The van der Waals surface area contributed by atoms with Crippen molar-refractivity contribution in [1.29, 1.82) is 0 Å².